The number of urea groups is 1. The highest BCUT2D eigenvalue weighted by Gasteiger charge is 2.39. The molecule has 5 rings (SSSR count). The van der Waals surface area contributed by atoms with Gasteiger partial charge in [-0.3, -0.25) is 4.90 Å². The number of carbonyl (C=O) groups is 2. The first-order valence-corrected chi connectivity index (χ1v) is 13.2. The van der Waals surface area contributed by atoms with Crippen LogP contribution in [-0.2, 0) is 18.2 Å². The lowest BCUT2D eigenvalue weighted by Crippen LogP contribution is -2.60. The normalized spacial score (nSPS) is 19.2. The second-order valence-corrected chi connectivity index (χ2v) is 10.2. The summed E-state index contributed by atoms with van der Waals surface area (Å²) in [6, 6.07) is 13.5. The van der Waals surface area contributed by atoms with Crippen LogP contribution in [0.15, 0.2) is 48.5 Å². The van der Waals surface area contributed by atoms with Crippen LogP contribution in [0.3, 0.4) is 0 Å². The van der Waals surface area contributed by atoms with Crippen LogP contribution in [0.25, 0.3) is 11.4 Å². The van der Waals surface area contributed by atoms with E-state index < -0.39 is 18.2 Å². The van der Waals surface area contributed by atoms with E-state index in [1.54, 1.807) is 30.9 Å². The molecule has 1 aliphatic carbocycles. The van der Waals surface area contributed by atoms with E-state index in [0.29, 0.717) is 30.6 Å². The van der Waals surface area contributed by atoms with Crippen LogP contribution in [-0.4, -0.2) is 87.0 Å². The topological polar surface area (TPSA) is 118 Å². The molecule has 0 radical (unpaired) electrons. The third kappa shape index (κ3) is 6.88. The standard InChI is InChI=1S/C27H33FN8O3/c1-34-16-23(30-26(37)29-21-7-3-6-19(15-21)25-31-32-33-35(25)2)24(39-27(34)38)17-36(22-12-13-22)14-4-5-18-8-10-20(28)11-9-18/h3,6-11,15,22-24H,4-5,12-14,16-17H2,1-2H3,(H2,29,30,37)/t23-,24+/m1/s1. The van der Waals surface area contributed by atoms with Gasteiger partial charge in [0.15, 0.2) is 5.82 Å². The molecule has 1 saturated heterocycles. The molecule has 1 aromatic heterocycles. The molecule has 2 aliphatic rings. The second kappa shape index (κ2) is 11.8. The van der Waals surface area contributed by atoms with Gasteiger partial charge in [0.1, 0.15) is 11.9 Å². The molecule has 0 spiro atoms. The number of benzene rings is 2. The molecule has 1 saturated carbocycles. The molecule has 1 aliphatic heterocycles. The molecular formula is C27H33FN8O3. The highest BCUT2D eigenvalue weighted by atomic mass is 19.1. The van der Waals surface area contributed by atoms with Crippen molar-refractivity contribution in [2.24, 2.45) is 7.05 Å². The molecular weight excluding hydrogens is 503 g/mol. The number of hydrogen-bond donors (Lipinski definition) is 2. The molecule has 2 N–H and O–H groups in total. The Balaban J connectivity index is 1.20. The van der Waals surface area contributed by atoms with Gasteiger partial charge in [-0.15, -0.1) is 5.10 Å². The number of likely N-dealkylation sites (N-methyl/N-ethyl adjacent to an activating group) is 1. The van der Waals surface area contributed by atoms with E-state index in [0.717, 1.165) is 43.4 Å². The zero-order chi connectivity index (χ0) is 27.4. The van der Waals surface area contributed by atoms with E-state index in [9.17, 15) is 14.0 Å². The molecule has 3 amide bonds. The van der Waals surface area contributed by atoms with Crippen molar-refractivity contribution in [2.75, 3.05) is 32.0 Å². The number of anilines is 1. The van der Waals surface area contributed by atoms with Crippen LogP contribution in [0.4, 0.5) is 19.7 Å². The van der Waals surface area contributed by atoms with Crippen molar-refractivity contribution in [3.8, 4) is 11.4 Å². The SMILES string of the molecule is CN1C[C@@H](NC(=O)Nc2cccc(-c3nnnn3C)c2)[C@H](CN(CCCc2ccc(F)cc2)C2CC2)OC1=O. The number of aromatic nitrogens is 4. The van der Waals surface area contributed by atoms with Crippen molar-refractivity contribution in [2.45, 2.75) is 43.9 Å². The Kier molecular flexibility index (Phi) is 8.01. The van der Waals surface area contributed by atoms with Gasteiger partial charge < -0.3 is 20.3 Å². The smallest absolute Gasteiger partial charge is 0.409 e. The number of carbonyl (C=O) groups excluding carboxylic acids is 2. The zero-order valence-corrected chi connectivity index (χ0v) is 22.1. The van der Waals surface area contributed by atoms with Crippen LogP contribution in [0.2, 0.25) is 0 Å². The number of ether oxygens (including phenoxy) is 1. The molecule has 2 atom stereocenters. The van der Waals surface area contributed by atoms with Crippen molar-refractivity contribution in [3.63, 3.8) is 0 Å². The number of amides is 3. The summed E-state index contributed by atoms with van der Waals surface area (Å²) in [5.41, 5.74) is 2.45. The fraction of sp³-hybridized carbons (Fsp3) is 0.444. The number of tetrazole rings is 1. The molecule has 0 unspecified atom stereocenters. The fourth-order valence-corrected chi connectivity index (χ4v) is 4.87. The maximum Gasteiger partial charge on any atom is 0.409 e. The van der Waals surface area contributed by atoms with Crippen LogP contribution in [0.1, 0.15) is 24.8 Å². The first kappa shape index (κ1) is 26.5. The number of cyclic esters (lactones) is 1. The summed E-state index contributed by atoms with van der Waals surface area (Å²) in [6.07, 6.45) is 3.07. The maximum atomic E-state index is 13.2. The van der Waals surface area contributed by atoms with Crippen LogP contribution < -0.4 is 10.6 Å². The summed E-state index contributed by atoms with van der Waals surface area (Å²) in [5.74, 6) is 0.347. The average molecular weight is 537 g/mol. The second-order valence-electron chi connectivity index (χ2n) is 10.2. The van der Waals surface area contributed by atoms with Crippen LogP contribution >= 0.6 is 0 Å². The number of hydrogen-bond acceptors (Lipinski definition) is 7. The molecule has 3 aromatic rings. The van der Waals surface area contributed by atoms with E-state index >= 15 is 0 Å². The molecule has 2 heterocycles. The van der Waals surface area contributed by atoms with Gasteiger partial charge in [-0.1, -0.05) is 24.3 Å². The van der Waals surface area contributed by atoms with E-state index in [4.69, 9.17) is 4.74 Å². The van der Waals surface area contributed by atoms with E-state index in [-0.39, 0.29) is 11.8 Å². The number of halogens is 1. The lowest BCUT2D eigenvalue weighted by atomic mass is 10.1. The number of rotatable bonds is 10. The van der Waals surface area contributed by atoms with Gasteiger partial charge >= 0.3 is 12.1 Å². The minimum atomic E-state index is -0.484. The van der Waals surface area contributed by atoms with Gasteiger partial charge in [0.05, 0.1) is 6.04 Å². The first-order valence-electron chi connectivity index (χ1n) is 13.2. The highest BCUT2D eigenvalue weighted by molar-refractivity contribution is 5.90. The number of nitrogens with zero attached hydrogens (tertiary/aromatic N) is 6. The Bertz CT molecular complexity index is 1300. The van der Waals surface area contributed by atoms with Gasteiger partial charge in [-0.2, -0.15) is 0 Å². The molecule has 2 fully saturated rings. The quantitative estimate of drug-likeness (QED) is 0.409. The molecule has 39 heavy (non-hydrogen) atoms. The van der Waals surface area contributed by atoms with Crippen molar-refractivity contribution < 1.29 is 18.7 Å². The molecule has 12 heteroatoms. The zero-order valence-electron chi connectivity index (χ0n) is 22.1. The minimum absolute atomic E-state index is 0.236. The minimum Gasteiger partial charge on any atom is -0.442 e. The Morgan fingerprint density at radius 1 is 1.18 bits per heavy atom. The van der Waals surface area contributed by atoms with Crippen molar-refractivity contribution in [3.05, 3.63) is 59.9 Å². The van der Waals surface area contributed by atoms with Crippen molar-refractivity contribution in [1.29, 1.82) is 0 Å². The van der Waals surface area contributed by atoms with Gasteiger partial charge in [0.2, 0.25) is 0 Å². The summed E-state index contributed by atoms with van der Waals surface area (Å²) in [4.78, 5) is 29.2. The Labute approximate surface area is 226 Å². The highest BCUT2D eigenvalue weighted by Crippen LogP contribution is 2.28. The van der Waals surface area contributed by atoms with Crippen molar-refractivity contribution >= 4 is 17.8 Å². The van der Waals surface area contributed by atoms with Crippen LogP contribution in [0.5, 0.6) is 0 Å². The van der Waals surface area contributed by atoms with Gasteiger partial charge in [0, 0.05) is 44.5 Å². The largest absolute Gasteiger partial charge is 0.442 e. The maximum absolute atomic E-state index is 13.2. The molecule has 11 nitrogen and oxygen atoms in total. The van der Waals surface area contributed by atoms with Gasteiger partial charge in [-0.25, -0.2) is 18.7 Å². The van der Waals surface area contributed by atoms with Crippen LogP contribution in [0, 0.1) is 5.82 Å². The summed E-state index contributed by atoms with van der Waals surface area (Å²) in [7, 11) is 3.40. The van der Waals surface area contributed by atoms with E-state index in [1.807, 2.05) is 24.3 Å². The molecule has 206 valence electrons. The van der Waals surface area contributed by atoms with Crippen molar-refractivity contribution in [1.82, 2.24) is 35.3 Å². The summed E-state index contributed by atoms with van der Waals surface area (Å²) in [5, 5.41) is 17.4. The first-order chi connectivity index (χ1) is 18.9. The lowest BCUT2D eigenvalue weighted by Gasteiger charge is -2.39. The fourth-order valence-electron chi connectivity index (χ4n) is 4.87. The summed E-state index contributed by atoms with van der Waals surface area (Å²) < 4.78 is 20.5. The lowest BCUT2D eigenvalue weighted by molar-refractivity contribution is -0.00440. The Morgan fingerprint density at radius 2 is 1.97 bits per heavy atom. The predicted molar refractivity (Wildman–Crippen MR) is 142 cm³/mol. The average Bonchev–Trinajstić information content (AvgIpc) is 3.67. The van der Waals surface area contributed by atoms with E-state index in [2.05, 4.69) is 31.1 Å². The summed E-state index contributed by atoms with van der Waals surface area (Å²) in [6.45, 7) is 1.71. The van der Waals surface area contributed by atoms with Gasteiger partial charge in [0.25, 0.3) is 0 Å². The monoisotopic (exact) mass is 536 g/mol. The third-order valence-electron chi connectivity index (χ3n) is 7.10. The number of aryl methyl sites for hydroxylation is 2. The summed E-state index contributed by atoms with van der Waals surface area (Å²) >= 11 is 0. The predicted octanol–water partition coefficient (Wildman–Crippen LogP) is 3.05. The third-order valence-corrected chi connectivity index (χ3v) is 7.10. The van der Waals surface area contributed by atoms with Gasteiger partial charge in [-0.05, 0) is 72.5 Å². The molecule has 2 aromatic carbocycles. The molecule has 0 bridgehead atoms. The Morgan fingerprint density at radius 3 is 2.69 bits per heavy atom. The van der Waals surface area contributed by atoms with E-state index in [1.165, 1.54) is 17.0 Å². The Hall–Kier alpha value is -4.06. The number of nitrogens with one attached hydrogen (secondary N) is 2.